The fourth-order valence-corrected chi connectivity index (χ4v) is 3.27. The minimum Gasteiger partial charge on any atom is -0.504 e. The number of hydrogen-bond donors (Lipinski definition) is 1. The van der Waals surface area contributed by atoms with Crippen LogP contribution in [0.5, 0.6) is 11.5 Å². The topological polar surface area (TPSA) is 53.0 Å². The highest BCUT2D eigenvalue weighted by molar-refractivity contribution is 5.79. The molecule has 1 aliphatic heterocycles. The van der Waals surface area contributed by atoms with Crippen molar-refractivity contribution >= 4 is 5.91 Å². The third kappa shape index (κ3) is 4.38. The minimum atomic E-state index is 0.0997. The van der Waals surface area contributed by atoms with Crippen molar-refractivity contribution in [3.63, 3.8) is 0 Å². The third-order valence-corrected chi connectivity index (χ3v) is 4.58. The Morgan fingerprint density at radius 1 is 1.39 bits per heavy atom. The van der Waals surface area contributed by atoms with Crippen molar-refractivity contribution in [1.82, 2.24) is 9.80 Å². The van der Waals surface area contributed by atoms with Gasteiger partial charge in [-0.2, -0.15) is 0 Å². The quantitative estimate of drug-likeness (QED) is 0.875. The van der Waals surface area contributed by atoms with Crippen LogP contribution in [-0.2, 0) is 11.3 Å². The van der Waals surface area contributed by atoms with Gasteiger partial charge in [0.2, 0.25) is 5.91 Å². The Bertz CT molecular complexity index is 529. The van der Waals surface area contributed by atoms with Crippen LogP contribution in [0.1, 0.15) is 32.3 Å². The summed E-state index contributed by atoms with van der Waals surface area (Å²) in [5.74, 6) is 1.03. The lowest BCUT2D eigenvalue weighted by Gasteiger charge is -2.34. The van der Waals surface area contributed by atoms with Gasteiger partial charge < -0.3 is 14.7 Å². The number of phenols is 1. The molecular weight excluding hydrogens is 292 g/mol. The number of aromatic hydroxyl groups is 1. The molecule has 1 fully saturated rings. The highest BCUT2D eigenvalue weighted by Crippen LogP contribution is 2.28. The monoisotopic (exact) mass is 320 g/mol. The SMILES string of the molecule is CCN(CC)C(=O)[C@H]1CCCN(Cc2ccc(O)c(OC)c2)C1. The molecule has 2 rings (SSSR count). The zero-order valence-corrected chi connectivity index (χ0v) is 14.4. The summed E-state index contributed by atoms with van der Waals surface area (Å²) >= 11 is 0. The van der Waals surface area contributed by atoms with Crippen LogP contribution in [0.25, 0.3) is 0 Å². The number of methoxy groups -OCH3 is 1. The van der Waals surface area contributed by atoms with Crippen LogP contribution in [-0.4, -0.2) is 54.1 Å². The van der Waals surface area contributed by atoms with E-state index in [0.717, 1.165) is 51.1 Å². The molecule has 1 saturated heterocycles. The first-order valence-corrected chi connectivity index (χ1v) is 8.46. The molecule has 0 aromatic heterocycles. The van der Waals surface area contributed by atoms with Gasteiger partial charge in [-0.3, -0.25) is 9.69 Å². The third-order valence-electron chi connectivity index (χ3n) is 4.58. The molecule has 1 heterocycles. The van der Waals surface area contributed by atoms with Crippen LogP contribution in [0.4, 0.5) is 0 Å². The van der Waals surface area contributed by atoms with Crippen molar-refractivity contribution in [2.75, 3.05) is 33.3 Å². The average molecular weight is 320 g/mol. The number of amides is 1. The van der Waals surface area contributed by atoms with Gasteiger partial charge in [0.1, 0.15) is 0 Å². The van der Waals surface area contributed by atoms with E-state index in [-0.39, 0.29) is 17.6 Å². The molecule has 0 radical (unpaired) electrons. The molecule has 128 valence electrons. The lowest BCUT2D eigenvalue weighted by Crippen LogP contribution is -2.44. The molecule has 0 saturated carbocycles. The fraction of sp³-hybridized carbons (Fsp3) is 0.611. The summed E-state index contributed by atoms with van der Waals surface area (Å²) in [6.45, 7) is 8.21. The number of piperidine rings is 1. The van der Waals surface area contributed by atoms with Crippen molar-refractivity contribution in [2.24, 2.45) is 5.92 Å². The summed E-state index contributed by atoms with van der Waals surface area (Å²) < 4.78 is 5.17. The Hall–Kier alpha value is -1.75. The highest BCUT2D eigenvalue weighted by Gasteiger charge is 2.28. The van der Waals surface area contributed by atoms with E-state index in [9.17, 15) is 9.90 Å². The van der Waals surface area contributed by atoms with E-state index in [2.05, 4.69) is 4.90 Å². The standard InChI is InChI=1S/C18H28N2O3/c1-4-20(5-2)18(22)15-7-6-10-19(13-15)12-14-8-9-16(21)17(11-14)23-3/h8-9,11,15,21H,4-7,10,12-13H2,1-3H3/t15-/m0/s1. The molecule has 1 aliphatic rings. The van der Waals surface area contributed by atoms with Gasteiger partial charge in [-0.1, -0.05) is 6.07 Å². The highest BCUT2D eigenvalue weighted by atomic mass is 16.5. The molecule has 23 heavy (non-hydrogen) atoms. The van der Waals surface area contributed by atoms with Crippen LogP contribution in [0.3, 0.4) is 0 Å². The second-order valence-electron chi connectivity index (χ2n) is 6.09. The van der Waals surface area contributed by atoms with Gasteiger partial charge in [0, 0.05) is 26.2 Å². The summed E-state index contributed by atoms with van der Waals surface area (Å²) in [6, 6.07) is 5.44. The Kier molecular flexibility index (Phi) is 6.28. The van der Waals surface area contributed by atoms with E-state index in [1.165, 1.54) is 0 Å². The Labute approximate surface area is 138 Å². The van der Waals surface area contributed by atoms with Gasteiger partial charge in [0.05, 0.1) is 13.0 Å². The Balaban J connectivity index is 2.00. The van der Waals surface area contributed by atoms with Crippen molar-refractivity contribution < 1.29 is 14.6 Å². The maximum absolute atomic E-state index is 12.5. The van der Waals surface area contributed by atoms with E-state index in [1.807, 2.05) is 30.9 Å². The molecular formula is C18H28N2O3. The summed E-state index contributed by atoms with van der Waals surface area (Å²) in [7, 11) is 1.55. The molecule has 5 heteroatoms. The normalized spacial score (nSPS) is 18.7. The first kappa shape index (κ1) is 17.6. The number of carbonyl (C=O) groups excluding carboxylic acids is 1. The van der Waals surface area contributed by atoms with Crippen LogP contribution < -0.4 is 4.74 Å². The number of phenolic OH excluding ortho intramolecular Hbond substituents is 1. The summed E-state index contributed by atoms with van der Waals surface area (Å²) in [5.41, 5.74) is 1.09. The number of nitrogens with zero attached hydrogens (tertiary/aromatic N) is 2. The zero-order valence-electron chi connectivity index (χ0n) is 14.4. The van der Waals surface area contributed by atoms with Crippen molar-refractivity contribution in [2.45, 2.75) is 33.2 Å². The first-order chi connectivity index (χ1) is 11.1. The largest absolute Gasteiger partial charge is 0.504 e. The summed E-state index contributed by atoms with van der Waals surface area (Å²) in [6.07, 6.45) is 2.03. The van der Waals surface area contributed by atoms with Gasteiger partial charge in [-0.05, 0) is 50.9 Å². The molecule has 0 spiro atoms. The zero-order chi connectivity index (χ0) is 16.8. The molecule has 1 atom stereocenters. The molecule has 1 amide bonds. The van der Waals surface area contributed by atoms with Crippen molar-refractivity contribution in [3.05, 3.63) is 23.8 Å². The summed E-state index contributed by atoms with van der Waals surface area (Å²) in [4.78, 5) is 16.8. The van der Waals surface area contributed by atoms with Crippen molar-refractivity contribution in [3.8, 4) is 11.5 Å². The second kappa shape index (κ2) is 8.20. The summed E-state index contributed by atoms with van der Waals surface area (Å²) in [5, 5.41) is 9.68. The number of benzene rings is 1. The lowest BCUT2D eigenvalue weighted by molar-refractivity contribution is -0.137. The van der Waals surface area contributed by atoms with Gasteiger partial charge in [0.15, 0.2) is 11.5 Å². The number of ether oxygens (including phenoxy) is 1. The van der Waals surface area contributed by atoms with E-state index < -0.39 is 0 Å². The van der Waals surface area contributed by atoms with Gasteiger partial charge in [0.25, 0.3) is 0 Å². The van der Waals surface area contributed by atoms with Crippen LogP contribution in [0, 0.1) is 5.92 Å². The van der Waals surface area contributed by atoms with Crippen LogP contribution in [0.2, 0.25) is 0 Å². The first-order valence-electron chi connectivity index (χ1n) is 8.46. The predicted molar refractivity (Wildman–Crippen MR) is 90.6 cm³/mol. The second-order valence-corrected chi connectivity index (χ2v) is 6.09. The van der Waals surface area contributed by atoms with Gasteiger partial charge >= 0.3 is 0 Å². The molecule has 0 aliphatic carbocycles. The molecule has 0 unspecified atom stereocenters. The van der Waals surface area contributed by atoms with Crippen LogP contribution in [0.15, 0.2) is 18.2 Å². The molecule has 1 N–H and O–H groups in total. The van der Waals surface area contributed by atoms with E-state index in [0.29, 0.717) is 5.75 Å². The Morgan fingerprint density at radius 3 is 2.78 bits per heavy atom. The molecule has 0 bridgehead atoms. The fourth-order valence-electron chi connectivity index (χ4n) is 3.27. The molecule has 1 aromatic carbocycles. The van der Waals surface area contributed by atoms with Crippen molar-refractivity contribution in [1.29, 1.82) is 0 Å². The maximum Gasteiger partial charge on any atom is 0.226 e. The molecule has 1 aromatic rings. The predicted octanol–water partition coefficient (Wildman–Crippen LogP) is 2.48. The van der Waals surface area contributed by atoms with Gasteiger partial charge in [-0.25, -0.2) is 0 Å². The molecule has 5 nitrogen and oxygen atoms in total. The minimum absolute atomic E-state index is 0.0997. The number of carbonyl (C=O) groups is 1. The van der Waals surface area contributed by atoms with E-state index >= 15 is 0 Å². The smallest absolute Gasteiger partial charge is 0.226 e. The number of hydrogen-bond acceptors (Lipinski definition) is 4. The Morgan fingerprint density at radius 2 is 2.13 bits per heavy atom. The van der Waals surface area contributed by atoms with Gasteiger partial charge in [-0.15, -0.1) is 0 Å². The average Bonchev–Trinajstić information content (AvgIpc) is 2.58. The maximum atomic E-state index is 12.5. The number of likely N-dealkylation sites (tertiary alicyclic amines) is 1. The van der Waals surface area contributed by atoms with E-state index in [4.69, 9.17) is 4.74 Å². The van der Waals surface area contributed by atoms with Crippen LogP contribution >= 0.6 is 0 Å². The number of rotatable bonds is 6. The lowest BCUT2D eigenvalue weighted by atomic mass is 9.96. The van der Waals surface area contributed by atoms with E-state index in [1.54, 1.807) is 13.2 Å².